The summed E-state index contributed by atoms with van der Waals surface area (Å²) in [6.45, 7) is 3.29. The summed E-state index contributed by atoms with van der Waals surface area (Å²) in [6.07, 6.45) is 6.26. The van der Waals surface area contributed by atoms with Crippen LogP contribution < -0.4 is 10.6 Å². The molecule has 21 heavy (non-hydrogen) atoms. The Hall–Kier alpha value is -1.81. The Kier molecular flexibility index (Phi) is 3.97. The Balaban J connectivity index is 2.11. The monoisotopic (exact) mass is 285 g/mol. The standard InChI is InChI=1S/C17H23N3O/c1-12-11-19-17(14-6-4-7-15(18)16(12)14)20-9-3-2-5-13(20)8-10-21/h4,6-7,11,13,21H,2-3,5,8-10,18H2,1H3. The van der Waals surface area contributed by atoms with E-state index in [9.17, 15) is 5.11 Å². The van der Waals surface area contributed by atoms with Crippen molar-refractivity contribution < 1.29 is 5.11 Å². The molecule has 1 saturated heterocycles. The molecule has 0 radical (unpaired) electrons. The van der Waals surface area contributed by atoms with Gasteiger partial charge < -0.3 is 15.7 Å². The van der Waals surface area contributed by atoms with Crippen LogP contribution in [0.2, 0.25) is 0 Å². The first-order valence-corrected chi connectivity index (χ1v) is 7.73. The minimum Gasteiger partial charge on any atom is -0.398 e. The summed E-state index contributed by atoms with van der Waals surface area (Å²) in [7, 11) is 0. The molecule has 112 valence electrons. The molecule has 0 bridgehead atoms. The summed E-state index contributed by atoms with van der Waals surface area (Å²) < 4.78 is 0. The van der Waals surface area contributed by atoms with Gasteiger partial charge >= 0.3 is 0 Å². The van der Waals surface area contributed by atoms with Gasteiger partial charge in [0.2, 0.25) is 0 Å². The number of piperidine rings is 1. The lowest BCUT2D eigenvalue weighted by Crippen LogP contribution is -2.40. The molecule has 1 unspecified atom stereocenters. The summed E-state index contributed by atoms with van der Waals surface area (Å²) in [4.78, 5) is 7.05. The average molecular weight is 285 g/mol. The minimum absolute atomic E-state index is 0.229. The van der Waals surface area contributed by atoms with Crippen LogP contribution in [0, 0.1) is 6.92 Å². The number of nitrogens with two attached hydrogens (primary N) is 1. The predicted octanol–water partition coefficient (Wildman–Crippen LogP) is 2.87. The summed E-state index contributed by atoms with van der Waals surface area (Å²) in [5, 5.41) is 11.5. The lowest BCUT2D eigenvalue weighted by Gasteiger charge is -2.37. The topological polar surface area (TPSA) is 62.4 Å². The maximum Gasteiger partial charge on any atom is 0.136 e. The molecule has 0 amide bonds. The second-order valence-electron chi connectivity index (χ2n) is 5.89. The van der Waals surface area contributed by atoms with E-state index in [1.807, 2.05) is 18.3 Å². The summed E-state index contributed by atoms with van der Waals surface area (Å²) in [5.74, 6) is 1.01. The third kappa shape index (κ3) is 2.56. The quantitative estimate of drug-likeness (QED) is 0.851. The van der Waals surface area contributed by atoms with Crippen molar-refractivity contribution in [1.29, 1.82) is 0 Å². The molecule has 1 atom stereocenters. The first-order valence-electron chi connectivity index (χ1n) is 7.73. The normalized spacial score (nSPS) is 19.1. The van der Waals surface area contributed by atoms with Crippen LogP contribution >= 0.6 is 0 Å². The van der Waals surface area contributed by atoms with E-state index in [2.05, 4.69) is 17.9 Å². The van der Waals surface area contributed by atoms with Gasteiger partial charge in [0.1, 0.15) is 5.82 Å². The molecule has 1 aromatic heterocycles. The second kappa shape index (κ2) is 5.90. The highest BCUT2D eigenvalue weighted by Gasteiger charge is 2.25. The van der Waals surface area contributed by atoms with Crippen LogP contribution in [0.5, 0.6) is 0 Å². The van der Waals surface area contributed by atoms with E-state index in [4.69, 9.17) is 10.7 Å². The van der Waals surface area contributed by atoms with Crippen LogP contribution in [0.25, 0.3) is 10.8 Å². The van der Waals surface area contributed by atoms with E-state index >= 15 is 0 Å². The molecular weight excluding hydrogens is 262 g/mol. The van der Waals surface area contributed by atoms with Crippen LogP contribution in [-0.2, 0) is 0 Å². The molecule has 2 aromatic rings. The molecule has 2 heterocycles. The van der Waals surface area contributed by atoms with Crippen molar-refractivity contribution in [3.8, 4) is 0 Å². The lowest BCUT2D eigenvalue weighted by atomic mass is 9.98. The highest BCUT2D eigenvalue weighted by Crippen LogP contribution is 2.34. The Labute approximate surface area is 125 Å². The number of nitrogens with zero attached hydrogens (tertiary/aromatic N) is 2. The number of rotatable bonds is 3. The van der Waals surface area contributed by atoms with E-state index < -0.39 is 0 Å². The third-order valence-electron chi connectivity index (χ3n) is 4.47. The summed E-state index contributed by atoms with van der Waals surface area (Å²) >= 11 is 0. The molecule has 0 saturated carbocycles. The third-order valence-corrected chi connectivity index (χ3v) is 4.47. The zero-order valence-corrected chi connectivity index (χ0v) is 12.5. The van der Waals surface area contributed by atoms with Crippen molar-refractivity contribution >= 4 is 22.3 Å². The van der Waals surface area contributed by atoms with Crippen LogP contribution in [0.15, 0.2) is 24.4 Å². The van der Waals surface area contributed by atoms with Crippen molar-refractivity contribution in [3.05, 3.63) is 30.0 Å². The van der Waals surface area contributed by atoms with Gasteiger partial charge in [-0.3, -0.25) is 0 Å². The number of hydrogen-bond donors (Lipinski definition) is 2. The Morgan fingerprint density at radius 2 is 2.24 bits per heavy atom. The summed E-state index contributed by atoms with van der Waals surface area (Å²) in [6, 6.07) is 6.42. The molecule has 3 rings (SSSR count). The minimum atomic E-state index is 0.229. The SMILES string of the molecule is Cc1cnc(N2CCCCC2CCO)c2cccc(N)c12. The van der Waals surface area contributed by atoms with Gasteiger partial charge in [-0.2, -0.15) is 0 Å². The molecule has 1 aliphatic rings. The van der Waals surface area contributed by atoms with Gasteiger partial charge in [-0.1, -0.05) is 12.1 Å². The van der Waals surface area contributed by atoms with Gasteiger partial charge in [0.15, 0.2) is 0 Å². The molecule has 1 fully saturated rings. The van der Waals surface area contributed by atoms with Gasteiger partial charge in [-0.05, 0) is 44.2 Å². The van der Waals surface area contributed by atoms with Crippen molar-refractivity contribution in [2.75, 3.05) is 23.8 Å². The molecule has 3 N–H and O–H groups in total. The second-order valence-corrected chi connectivity index (χ2v) is 5.89. The van der Waals surface area contributed by atoms with Gasteiger partial charge in [0.25, 0.3) is 0 Å². The first kappa shape index (κ1) is 14.1. The number of anilines is 2. The lowest BCUT2D eigenvalue weighted by molar-refractivity contribution is 0.262. The number of pyridine rings is 1. The highest BCUT2D eigenvalue weighted by atomic mass is 16.3. The molecule has 1 aliphatic heterocycles. The Bertz CT molecular complexity index is 631. The molecule has 0 spiro atoms. The van der Waals surface area contributed by atoms with Crippen LogP contribution in [0.4, 0.5) is 11.5 Å². The van der Waals surface area contributed by atoms with Gasteiger partial charge in [-0.15, -0.1) is 0 Å². The van der Waals surface area contributed by atoms with E-state index in [1.165, 1.54) is 12.8 Å². The number of fused-ring (bicyclic) bond motifs is 1. The van der Waals surface area contributed by atoms with E-state index in [0.717, 1.165) is 47.2 Å². The van der Waals surface area contributed by atoms with Crippen LogP contribution in [-0.4, -0.2) is 29.3 Å². The number of aliphatic hydroxyl groups is 1. The fourth-order valence-electron chi connectivity index (χ4n) is 3.45. The average Bonchev–Trinajstić information content (AvgIpc) is 2.49. The predicted molar refractivity (Wildman–Crippen MR) is 87.6 cm³/mol. The fourth-order valence-corrected chi connectivity index (χ4v) is 3.45. The number of nitrogen functional groups attached to an aromatic ring is 1. The first-order chi connectivity index (χ1) is 10.2. The number of aromatic nitrogens is 1. The van der Waals surface area contributed by atoms with E-state index in [-0.39, 0.29) is 6.61 Å². The Morgan fingerprint density at radius 3 is 3.05 bits per heavy atom. The van der Waals surface area contributed by atoms with Crippen LogP contribution in [0.1, 0.15) is 31.2 Å². The van der Waals surface area contributed by atoms with Crippen molar-refractivity contribution in [3.63, 3.8) is 0 Å². The molecule has 4 nitrogen and oxygen atoms in total. The molecule has 4 heteroatoms. The number of aliphatic hydroxyl groups excluding tert-OH is 1. The van der Waals surface area contributed by atoms with Gasteiger partial charge in [0, 0.05) is 41.9 Å². The van der Waals surface area contributed by atoms with Gasteiger partial charge in [0.05, 0.1) is 0 Å². The van der Waals surface area contributed by atoms with Crippen molar-refractivity contribution in [1.82, 2.24) is 4.98 Å². The van der Waals surface area contributed by atoms with E-state index in [0.29, 0.717) is 6.04 Å². The Morgan fingerprint density at radius 1 is 1.38 bits per heavy atom. The maximum absolute atomic E-state index is 9.32. The zero-order valence-electron chi connectivity index (χ0n) is 12.5. The smallest absolute Gasteiger partial charge is 0.136 e. The van der Waals surface area contributed by atoms with Crippen molar-refractivity contribution in [2.45, 2.75) is 38.6 Å². The summed E-state index contributed by atoms with van der Waals surface area (Å²) in [5.41, 5.74) is 8.09. The fraction of sp³-hybridized carbons (Fsp3) is 0.471. The zero-order chi connectivity index (χ0) is 14.8. The molecule has 0 aliphatic carbocycles. The van der Waals surface area contributed by atoms with Gasteiger partial charge in [-0.25, -0.2) is 4.98 Å². The molecule has 1 aromatic carbocycles. The van der Waals surface area contributed by atoms with E-state index in [1.54, 1.807) is 0 Å². The number of hydrogen-bond acceptors (Lipinski definition) is 4. The van der Waals surface area contributed by atoms with Crippen LogP contribution in [0.3, 0.4) is 0 Å². The number of benzene rings is 1. The van der Waals surface area contributed by atoms with Crippen molar-refractivity contribution in [2.24, 2.45) is 0 Å². The number of aryl methyl sites for hydroxylation is 1. The maximum atomic E-state index is 9.32. The molecular formula is C17H23N3O. The highest BCUT2D eigenvalue weighted by molar-refractivity contribution is 6.01. The largest absolute Gasteiger partial charge is 0.398 e.